The van der Waals surface area contributed by atoms with Gasteiger partial charge in [0.05, 0.1) is 17.1 Å². The molecule has 0 radical (unpaired) electrons. The van der Waals surface area contributed by atoms with Crippen molar-refractivity contribution in [1.82, 2.24) is 0 Å². The van der Waals surface area contributed by atoms with E-state index in [2.05, 4.69) is 4.99 Å². The molecule has 0 aromatic heterocycles. The van der Waals surface area contributed by atoms with Gasteiger partial charge in [0, 0.05) is 5.71 Å². The van der Waals surface area contributed by atoms with Crippen molar-refractivity contribution in [2.45, 2.75) is 45.8 Å². The summed E-state index contributed by atoms with van der Waals surface area (Å²) in [6, 6.07) is 0. The maximum Gasteiger partial charge on any atom is 0.494 e. The lowest BCUT2D eigenvalue weighted by Crippen LogP contribution is -2.41. The smallest absolute Gasteiger partial charge is 0.399 e. The minimum Gasteiger partial charge on any atom is -0.399 e. The van der Waals surface area contributed by atoms with Gasteiger partial charge in [0.15, 0.2) is 0 Å². The molecule has 3 rings (SSSR count). The first-order valence-electron chi connectivity index (χ1n) is 7.26. The van der Waals surface area contributed by atoms with Crippen LogP contribution < -0.4 is 0 Å². The number of hydrogen-bond acceptors (Lipinski definition) is 3. The lowest BCUT2D eigenvalue weighted by Gasteiger charge is -2.32. The molecule has 0 N–H and O–H groups in total. The van der Waals surface area contributed by atoms with E-state index in [4.69, 9.17) is 9.31 Å². The number of aliphatic imine (C=N–C) groups is 1. The zero-order valence-electron chi connectivity index (χ0n) is 13.1. The van der Waals surface area contributed by atoms with E-state index in [1.165, 1.54) is 0 Å². The minimum absolute atomic E-state index is 0.106. The van der Waals surface area contributed by atoms with Gasteiger partial charge in [-0.05, 0) is 51.7 Å². The molecule has 0 aromatic carbocycles. The van der Waals surface area contributed by atoms with Crippen molar-refractivity contribution in [2.75, 3.05) is 0 Å². The molecule has 0 bridgehead atoms. The Hall–Kier alpha value is -1.46. The average Bonchev–Trinajstić information content (AvgIpc) is 2.57. The third kappa shape index (κ3) is 2.34. The van der Waals surface area contributed by atoms with E-state index in [9.17, 15) is 4.79 Å². The zero-order chi connectivity index (χ0) is 15.4. The second-order valence-corrected chi connectivity index (χ2v) is 6.81. The summed E-state index contributed by atoms with van der Waals surface area (Å²) in [7, 11) is -0.401. The highest BCUT2D eigenvalue weighted by atomic mass is 16.7. The molecule has 1 aliphatic carbocycles. The highest BCUT2D eigenvalue weighted by Crippen LogP contribution is 2.40. The van der Waals surface area contributed by atoms with Crippen molar-refractivity contribution >= 4 is 18.7 Å². The molecule has 4 nitrogen and oxygen atoms in total. The van der Waals surface area contributed by atoms with Crippen molar-refractivity contribution in [3.63, 3.8) is 0 Å². The summed E-state index contributed by atoms with van der Waals surface area (Å²) in [4.78, 5) is 15.9. The van der Waals surface area contributed by atoms with Gasteiger partial charge in [-0.3, -0.25) is 4.79 Å². The maximum atomic E-state index is 11.9. The van der Waals surface area contributed by atoms with Crippen LogP contribution in [-0.2, 0) is 14.1 Å². The first-order chi connectivity index (χ1) is 9.69. The molecule has 0 spiro atoms. The van der Waals surface area contributed by atoms with E-state index < -0.39 is 7.12 Å². The standard InChI is InChI=1S/C16H20BNO3/c1-10-8-11-9-12(6-7-13(11)14(19)18-10)17-20-15(2,3)16(4,5)21-17/h6-9,13H,1-5H3. The van der Waals surface area contributed by atoms with E-state index in [0.29, 0.717) is 0 Å². The lowest BCUT2D eigenvalue weighted by atomic mass is 9.72. The lowest BCUT2D eigenvalue weighted by molar-refractivity contribution is -0.119. The fourth-order valence-electron chi connectivity index (χ4n) is 2.65. The van der Waals surface area contributed by atoms with Gasteiger partial charge in [-0.25, -0.2) is 4.99 Å². The SMILES string of the molecule is CC1=NC(=O)C2C=CC(B3OC(C)(C)C(C)(C)O3)=CC2=C1. The summed E-state index contributed by atoms with van der Waals surface area (Å²) in [5, 5.41) is 0. The average molecular weight is 285 g/mol. The molecule has 1 saturated heterocycles. The van der Waals surface area contributed by atoms with Crippen LogP contribution in [0.5, 0.6) is 0 Å². The Bertz CT molecular complexity index is 609. The van der Waals surface area contributed by atoms with Crippen LogP contribution >= 0.6 is 0 Å². The van der Waals surface area contributed by atoms with Crippen LogP contribution in [0.2, 0.25) is 0 Å². The Morgan fingerprint density at radius 1 is 1.14 bits per heavy atom. The van der Waals surface area contributed by atoms with Crippen molar-refractivity contribution in [3.8, 4) is 0 Å². The van der Waals surface area contributed by atoms with Gasteiger partial charge in [0.25, 0.3) is 5.91 Å². The molecule has 3 aliphatic rings. The van der Waals surface area contributed by atoms with Crippen LogP contribution in [0.3, 0.4) is 0 Å². The van der Waals surface area contributed by atoms with Crippen LogP contribution in [0, 0.1) is 5.92 Å². The first-order valence-corrected chi connectivity index (χ1v) is 7.26. The highest BCUT2D eigenvalue weighted by Gasteiger charge is 2.52. The van der Waals surface area contributed by atoms with E-state index in [1.807, 2.05) is 58.9 Å². The van der Waals surface area contributed by atoms with E-state index >= 15 is 0 Å². The Balaban J connectivity index is 1.90. The van der Waals surface area contributed by atoms with Crippen LogP contribution in [0.4, 0.5) is 0 Å². The van der Waals surface area contributed by atoms with Gasteiger partial charge in [0.1, 0.15) is 0 Å². The van der Waals surface area contributed by atoms with Gasteiger partial charge in [-0.15, -0.1) is 0 Å². The molecule has 1 unspecified atom stereocenters. The predicted octanol–water partition coefficient (Wildman–Crippen LogP) is 2.66. The van der Waals surface area contributed by atoms with Gasteiger partial charge in [-0.2, -0.15) is 0 Å². The summed E-state index contributed by atoms with van der Waals surface area (Å²) in [6.07, 6.45) is 7.73. The minimum atomic E-state index is -0.401. The number of carbonyl (C=O) groups excluding carboxylic acids is 1. The number of carbonyl (C=O) groups is 1. The topological polar surface area (TPSA) is 47.9 Å². The third-order valence-corrected chi connectivity index (χ3v) is 4.63. The number of rotatable bonds is 1. The Morgan fingerprint density at radius 3 is 2.38 bits per heavy atom. The monoisotopic (exact) mass is 285 g/mol. The van der Waals surface area contributed by atoms with Crippen LogP contribution in [-0.4, -0.2) is 29.9 Å². The summed E-state index contributed by atoms with van der Waals surface area (Å²) in [6.45, 7) is 9.96. The molecule has 0 aromatic rings. The van der Waals surface area contributed by atoms with Gasteiger partial charge < -0.3 is 9.31 Å². The van der Waals surface area contributed by atoms with Crippen molar-refractivity contribution < 1.29 is 14.1 Å². The Kier molecular flexibility index (Phi) is 3.12. The number of fused-ring (bicyclic) bond motifs is 1. The molecule has 110 valence electrons. The van der Waals surface area contributed by atoms with E-state index in [1.54, 1.807) is 0 Å². The number of dihydropyridines is 1. The van der Waals surface area contributed by atoms with Crippen molar-refractivity contribution in [1.29, 1.82) is 0 Å². The van der Waals surface area contributed by atoms with Crippen molar-refractivity contribution in [2.24, 2.45) is 10.9 Å². The number of allylic oxidation sites excluding steroid dienone is 4. The Morgan fingerprint density at radius 2 is 1.76 bits per heavy atom. The molecule has 21 heavy (non-hydrogen) atoms. The number of nitrogens with zero attached hydrogens (tertiary/aromatic N) is 1. The summed E-state index contributed by atoms with van der Waals surface area (Å²) in [5.74, 6) is -0.370. The molecular weight excluding hydrogens is 265 g/mol. The molecule has 2 aliphatic heterocycles. The zero-order valence-corrected chi connectivity index (χ0v) is 13.1. The first kappa shape index (κ1) is 14.5. The predicted molar refractivity (Wildman–Crippen MR) is 83.0 cm³/mol. The summed E-state index contributed by atoms with van der Waals surface area (Å²) < 4.78 is 12.1. The molecule has 2 heterocycles. The third-order valence-electron chi connectivity index (χ3n) is 4.63. The second kappa shape index (κ2) is 4.52. The molecule has 5 heteroatoms. The second-order valence-electron chi connectivity index (χ2n) is 6.81. The maximum absolute atomic E-state index is 11.9. The van der Waals surface area contributed by atoms with Crippen molar-refractivity contribution in [3.05, 3.63) is 35.3 Å². The van der Waals surface area contributed by atoms with Gasteiger partial charge in [0.2, 0.25) is 0 Å². The quantitative estimate of drug-likeness (QED) is 0.696. The fourth-order valence-corrected chi connectivity index (χ4v) is 2.65. The normalized spacial score (nSPS) is 29.8. The molecule has 1 amide bonds. The molecule has 0 saturated carbocycles. The van der Waals surface area contributed by atoms with Crippen LogP contribution in [0.15, 0.2) is 40.3 Å². The summed E-state index contributed by atoms with van der Waals surface area (Å²) in [5.41, 5.74) is 1.92. The van der Waals surface area contributed by atoms with Crippen LogP contribution in [0.1, 0.15) is 34.6 Å². The largest absolute Gasteiger partial charge is 0.494 e. The fraction of sp³-hybridized carbons (Fsp3) is 0.500. The van der Waals surface area contributed by atoms with E-state index in [-0.39, 0.29) is 23.0 Å². The van der Waals surface area contributed by atoms with Gasteiger partial charge in [-0.1, -0.05) is 18.2 Å². The molecular formula is C16H20BNO3. The van der Waals surface area contributed by atoms with Gasteiger partial charge >= 0.3 is 7.12 Å². The molecule has 1 atom stereocenters. The number of amides is 1. The highest BCUT2D eigenvalue weighted by molar-refractivity contribution is 6.55. The number of hydrogen-bond donors (Lipinski definition) is 0. The Labute approximate surface area is 125 Å². The molecule has 1 fully saturated rings. The summed E-state index contributed by atoms with van der Waals surface area (Å²) >= 11 is 0. The van der Waals surface area contributed by atoms with E-state index in [0.717, 1.165) is 16.8 Å². The van der Waals surface area contributed by atoms with Crippen LogP contribution in [0.25, 0.3) is 0 Å².